The molecule has 2 rings (SSSR count). The van der Waals surface area contributed by atoms with Crippen molar-refractivity contribution in [2.24, 2.45) is 0 Å². The third-order valence-corrected chi connectivity index (χ3v) is 1.88. The van der Waals surface area contributed by atoms with Crippen LogP contribution in [0.15, 0.2) is 18.6 Å². The zero-order valence-corrected chi connectivity index (χ0v) is 7.74. The van der Waals surface area contributed by atoms with Crippen molar-refractivity contribution >= 4 is 22.8 Å². The molecule has 2 aromatic heterocycles. The van der Waals surface area contributed by atoms with Gasteiger partial charge >= 0.3 is 0 Å². The average molecular weight is 190 g/mol. The van der Waals surface area contributed by atoms with E-state index in [0.29, 0.717) is 17.8 Å². The van der Waals surface area contributed by atoms with Crippen LogP contribution in [-0.4, -0.2) is 20.9 Å². The number of anilines is 1. The zero-order valence-electron chi connectivity index (χ0n) is 7.74. The largest absolute Gasteiger partial charge is 0.343 e. The predicted octanol–water partition coefficient (Wildman–Crippen LogP) is 1.31. The van der Waals surface area contributed by atoms with Crippen molar-refractivity contribution in [3.63, 3.8) is 0 Å². The highest BCUT2D eigenvalue weighted by Crippen LogP contribution is 2.12. The van der Waals surface area contributed by atoms with Crippen LogP contribution >= 0.6 is 0 Å². The van der Waals surface area contributed by atoms with E-state index in [1.807, 2.05) is 6.07 Å². The first-order valence-electron chi connectivity index (χ1n) is 4.38. The number of fused-ring (bicyclic) bond motifs is 1. The van der Waals surface area contributed by atoms with Crippen LogP contribution in [0.1, 0.15) is 13.3 Å². The number of hydrogen-bond donors (Lipinski definition) is 2. The number of H-pyrrole nitrogens is 1. The molecule has 0 bridgehead atoms. The summed E-state index contributed by atoms with van der Waals surface area (Å²) in [4.78, 5) is 22.1. The molecular weight excluding hydrogens is 180 g/mol. The Morgan fingerprint density at radius 2 is 2.43 bits per heavy atom. The number of rotatable bonds is 2. The van der Waals surface area contributed by atoms with Gasteiger partial charge in [0.05, 0.1) is 23.7 Å². The summed E-state index contributed by atoms with van der Waals surface area (Å²) in [6.45, 7) is 1.80. The van der Waals surface area contributed by atoms with Gasteiger partial charge in [-0.3, -0.25) is 4.79 Å². The van der Waals surface area contributed by atoms with Crippen LogP contribution in [0, 0.1) is 0 Å². The lowest BCUT2D eigenvalue weighted by Crippen LogP contribution is -2.09. The molecule has 2 aromatic rings. The van der Waals surface area contributed by atoms with Gasteiger partial charge in [0.25, 0.3) is 0 Å². The Balaban J connectivity index is 2.30. The molecule has 2 N–H and O–H groups in total. The van der Waals surface area contributed by atoms with Crippen molar-refractivity contribution in [2.75, 3.05) is 5.32 Å². The smallest absolute Gasteiger partial charge is 0.224 e. The monoisotopic (exact) mass is 190 g/mol. The van der Waals surface area contributed by atoms with Crippen molar-refractivity contribution in [2.45, 2.75) is 13.3 Å². The second-order valence-electron chi connectivity index (χ2n) is 2.90. The number of amides is 1. The molecule has 0 saturated heterocycles. The van der Waals surface area contributed by atoms with E-state index < -0.39 is 0 Å². The third kappa shape index (κ3) is 1.56. The number of hydrogen-bond acceptors (Lipinski definition) is 3. The fourth-order valence-electron chi connectivity index (χ4n) is 1.15. The van der Waals surface area contributed by atoms with E-state index in [1.165, 1.54) is 0 Å². The molecule has 0 aliphatic carbocycles. The predicted molar refractivity (Wildman–Crippen MR) is 52.8 cm³/mol. The molecule has 0 aliphatic heterocycles. The highest BCUT2D eigenvalue weighted by atomic mass is 16.1. The Kier molecular flexibility index (Phi) is 2.14. The van der Waals surface area contributed by atoms with Crippen LogP contribution in [0.25, 0.3) is 11.2 Å². The van der Waals surface area contributed by atoms with Gasteiger partial charge < -0.3 is 10.3 Å². The molecule has 14 heavy (non-hydrogen) atoms. The molecule has 0 radical (unpaired) electrons. The van der Waals surface area contributed by atoms with Gasteiger partial charge in [-0.1, -0.05) is 6.92 Å². The van der Waals surface area contributed by atoms with Crippen LogP contribution in [0.3, 0.4) is 0 Å². The number of nitrogens with zero attached hydrogens (tertiary/aromatic N) is 2. The maximum atomic E-state index is 11.1. The number of nitrogens with one attached hydrogen (secondary N) is 2. The molecule has 0 aliphatic rings. The maximum absolute atomic E-state index is 11.1. The SMILES string of the molecule is CCC(=O)Nc1cnc2nc[nH]c2c1. The normalized spacial score (nSPS) is 10.4. The topological polar surface area (TPSA) is 70.7 Å². The van der Waals surface area contributed by atoms with Crippen LogP contribution in [0.4, 0.5) is 5.69 Å². The minimum Gasteiger partial charge on any atom is -0.343 e. The van der Waals surface area contributed by atoms with Gasteiger partial charge in [0.15, 0.2) is 5.65 Å². The summed E-state index contributed by atoms with van der Waals surface area (Å²) >= 11 is 0. The minimum absolute atomic E-state index is 0.0225. The summed E-state index contributed by atoms with van der Waals surface area (Å²) < 4.78 is 0. The van der Waals surface area contributed by atoms with Gasteiger partial charge in [0.2, 0.25) is 5.91 Å². The van der Waals surface area contributed by atoms with Crippen LogP contribution < -0.4 is 5.32 Å². The molecule has 2 heterocycles. The van der Waals surface area contributed by atoms with Crippen molar-refractivity contribution in [3.05, 3.63) is 18.6 Å². The molecule has 0 atom stereocenters. The second-order valence-corrected chi connectivity index (χ2v) is 2.90. The van der Waals surface area contributed by atoms with Crippen LogP contribution in [0.5, 0.6) is 0 Å². The lowest BCUT2D eigenvalue weighted by Gasteiger charge is -2.01. The number of aromatic amines is 1. The van der Waals surface area contributed by atoms with Gasteiger partial charge in [0, 0.05) is 6.42 Å². The second kappa shape index (κ2) is 3.45. The Morgan fingerprint density at radius 1 is 1.57 bits per heavy atom. The van der Waals surface area contributed by atoms with E-state index in [4.69, 9.17) is 0 Å². The maximum Gasteiger partial charge on any atom is 0.224 e. The Hall–Kier alpha value is -1.91. The molecule has 0 fully saturated rings. The van der Waals surface area contributed by atoms with E-state index in [1.54, 1.807) is 19.4 Å². The lowest BCUT2D eigenvalue weighted by atomic mass is 10.3. The van der Waals surface area contributed by atoms with E-state index in [-0.39, 0.29) is 5.91 Å². The summed E-state index contributed by atoms with van der Waals surface area (Å²) in [6, 6.07) is 1.81. The van der Waals surface area contributed by atoms with Crippen molar-refractivity contribution in [1.82, 2.24) is 15.0 Å². The Morgan fingerprint density at radius 3 is 3.21 bits per heavy atom. The molecule has 72 valence electrons. The molecule has 0 unspecified atom stereocenters. The first kappa shape index (κ1) is 8.68. The molecular formula is C9H10N4O. The third-order valence-electron chi connectivity index (χ3n) is 1.88. The summed E-state index contributed by atoms with van der Waals surface area (Å²) in [5, 5.41) is 2.72. The highest BCUT2D eigenvalue weighted by Gasteiger charge is 2.01. The standard InChI is InChI=1S/C9H10N4O/c1-2-8(14)13-6-3-7-9(10-4-6)12-5-11-7/h3-5H,2H2,1H3,(H,13,14)(H,10,11,12). The molecule has 0 spiro atoms. The van der Waals surface area contributed by atoms with E-state index in [0.717, 1.165) is 5.52 Å². The molecule has 1 amide bonds. The Bertz CT molecular complexity index is 463. The Labute approximate surface area is 80.6 Å². The van der Waals surface area contributed by atoms with Gasteiger partial charge in [0.1, 0.15) is 0 Å². The summed E-state index contributed by atoms with van der Waals surface area (Å²) in [5.74, 6) is -0.0225. The average Bonchev–Trinajstić information content (AvgIpc) is 2.64. The number of carbonyl (C=O) groups excluding carboxylic acids is 1. The molecule has 5 nitrogen and oxygen atoms in total. The number of pyridine rings is 1. The van der Waals surface area contributed by atoms with E-state index in [9.17, 15) is 4.79 Å². The fraction of sp³-hybridized carbons (Fsp3) is 0.222. The first-order chi connectivity index (χ1) is 6.79. The molecule has 5 heteroatoms. The minimum atomic E-state index is -0.0225. The van der Waals surface area contributed by atoms with Crippen LogP contribution in [0.2, 0.25) is 0 Å². The van der Waals surface area contributed by atoms with Gasteiger partial charge in [-0.05, 0) is 6.07 Å². The molecule has 0 aromatic carbocycles. The van der Waals surface area contributed by atoms with Crippen LogP contribution in [-0.2, 0) is 4.79 Å². The lowest BCUT2D eigenvalue weighted by molar-refractivity contribution is -0.115. The fourth-order valence-corrected chi connectivity index (χ4v) is 1.15. The van der Waals surface area contributed by atoms with E-state index in [2.05, 4.69) is 20.3 Å². The quantitative estimate of drug-likeness (QED) is 0.749. The zero-order chi connectivity index (χ0) is 9.97. The summed E-state index contributed by atoms with van der Waals surface area (Å²) in [7, 11) is 0. The van der Waals surface area contributed by atoms with Gasteiger partial charge in [-0.2, -0.15) is 0 Å². The summed E-state index contributed by atoms with van der Waals surface area (Å²) in [6.07, 6.45) is 3.63. The number of aromatic nitrogens is 3. The van der Waals surface area contributed by atoms with Gasteiger partial charge in [-0.25, -0.2) is 9.97 Å². The molecule has 0 saturated carbocycles. The number of imidazole rings is 1. The highest BCUT2D eigenvalue weighted by molar-refractivity contribution is 5.91. The van der Waals surface area contributed by atoms with Crippen molar-refractivity contribution in [3.8, 4) is 0 Å². The first-order valence-corrected chi connectivity index (χ1v) is 4.38. The van der Waals surface area contributed by atoms with Gasteiger partial charge in [-0.15, -0.1) is 0 Å². The van der Waals surface area contributed by atoms with Crippen molar-refractivity contribution in [1.29, 1.82) is 0 Å². The summed E-state index contributed by atoms with van der Waals surface area (Å²) in [5.41, 5.74) is 2.16. The van der Waals surface area contributed by atoms with E-state index >= 15 is 0 Å². The van der Waals surface area contributed by atoms with Crippen molar-refractivity contribution < 1.29 is 4.79 Å². The number of carbonyl (C=O) groups is 1.